The first-order valence-electron chi connectivity index (χ1n) is 8.85. The topological polar surface area (TPSA) is 87.5 Å². The zero-order valence-electron chi connectivity index (χ0n) is 15.1. The van der Waals surface area contributed by atoms with Crippen molar-refractivity contribution in [3.05, 3.63) is 41.7 Å². The normalized spacial score (nSPS) is 17.4. The van der Waals surface area contributed by atoms with Crippen LogP contribution in [0.2, 0.25) is 0 Å². The molecule has 0 saturated carbocycles. The number of para-hydroxylation sites is 1. The number of benzene rings is 1. The van der Waals surface area contributed by atoms with Crippen LogP contribution < -0.4 is 5.32 Å². The van der Waals surface area contributed by atoms with E-state index in [0.29, 0.717) is 13.0 Å². The van der Waals surface area contributed by atoms with E-state index >= 15 is 0 Å². The average molecular weight is 356 g/mol. The van der Waals surface area contributed by atoms with Crippen LogP contribution in [0.25, 0.3) is 5.69 Å². The molecule has 1 amide bonds. The molecular formula is C19H24N4O3. The molecule has 0 unspecified atom stereocenters. The van der Waals surface area contributed by atoms with Crippen LogP contribution in [0.15, 0.2) is 30.3 Å². The van der Waals surface area contributed by atoms with Gasteiger partial charge in [0.1, 0.15) is 6.04 Å². The number of nitrogens with one attached hydrogen (secondary N) is 1. The standard InChI is InChI=1S/C19H24N4O3/c1-13-18(14(2)23(21-13)15-7-4-3-5-8-15)20-17(24)10-12-22-11-6-9-16(22)19(25)26/h3-5,7-8,16H,6,9-12H2,1-2H3,(H,20,24)(H,25,26)/t16-/m0/s1. The minimum absolute atomic E-state index is 0.125. The summed E-state index contributed by atoms with van der Waals surface area (Å²) in [6.07, 6.45) is 1.78. The van der Waals surface area contributed by atoms with Crippen LogP contribution in [0.1, 0.15) is 30.7 Å². The van der Waals surface area contributed by atoms with Gasteiger partial charge in [-0.1, -0.05) is 18.2 Å². The molecule has 0 spiro atoms. The summed E-state index contributed by atoms with van der Waals surface area (Å²) in [5, 5.41) is 16.7. The number of aromatic nitrogens is 2. The number of likely N-dealkylation sites (tertiary alicyclic amines) is 1. The molecule has 0 radical (unpaired) electrons. The van der Waals surface area contributed by atoms with Crippen molar-refractivity contribution in [1.82, 2.24) is 14.7 Å². The molecule has 1 aliphatic rings. The Morgan fingerprint density at radius 2 is 2.00 bits per heavy atom. The van der Waals surface area contributed by atoms with Gasteiger partial charge in [0.2, 0.25) is 5.91 Å². The van der Waals surface area contributed by atoms with Crippen molar-refractivity contribution in [1.29, 1.82) is 0 Å². The third kappa shape index (κ3) is 3.77. The van der Waals surface area contributed by atoms with Crippen molar-refractivity contribution in [3.63, 3.8) is 0 Å². The van der Waals surface area contributed by atoms with Crippen LogP contribution >= 0.6 is 0 Å². The van der Waals surface area contributed by atoms with Gasteiger partial charge < -0.3 is 10.4 Å². The van der Waals surface area contributed by atoms with E-state index < -0.39 is 12.0 Å². The van der Waals surface area contributed by atoms with E-state index in [4.69, 9.17) is 0 Å². The van der Waals surface area contributed by atoms with Gasteiger partial charge in [0.15, 0.2) is 0 Å². The zero-order chi connectivity index (χ0) is 18.7. The van der Waals surface area contributed by atoms with E-state index in [1.807, 2.05) is 53.8 Å². The van der Waals surface area contributed by atoms with Gasteiger partial charge in [0.05, 0.1) is 22.8 Å². The fourth-order valence-electron chi connectivity index (χ4n) is 3.46. The Kier molecular flexibility index (Phi) is 5.37. The Balaban J connectivity index is 1.65. The van der Waals surface area contributed by atoms with Crippen molar-refractivity contribution in [2.45, 2.75) is 39.2 Å². The van der Waals surface area contributed by atoms with Crippen molar-refractivity contribution >= 4 is 17.6 Å². The van der Waals surface area contributed by atoms with Crippen molar-refractivity contribution in [3.8, 4) is 5.69 Å². The molecule has 3 rings (SSSR count). The number of amides is 1. The summed E-state index contributed by atoms with van der Waals surface area (Å²) in [5.74, 6) is -0.932. The van der Waals surface area contributed by atoms with Crippen LogP contribution in [0.5, 0.6) is 0 Å². The molecule has 7 heteroatoms. The molecule has 1 atom stereocenters. The number of aliphatic carboxylic acids is 1. The number of carbonyl (C=O) groups is 2. The largest absolute Gasteiger partial charge is 0.480 e. The lowest BCUT2D eigenvalue weighted by Gasteiger charge is -2.20. The van der Waals surface area contributed by atoms with E-state index in [2.05, 4.69) is 10.4 Å². The van der Waals surface area contributed by atoms with Gasteiger partial charge in [0.25, 0.3) is 0 Å². The Labute approximate surface area is 152 Å². The molecule has 2 aromatic rings. The van der Waals surface area contributed by atoms with Crippen molar-refractivity contribution < 1.29 is 14.7 Å². The van der Waals surface area contributed by atoms with E-state index in [-0.39, 0.29) is 12.3 Å². The van der Waals surface area contributed by atoms with Gasteiger partial charge >= 0.3 is 5.97 Å². The van der Waals surface area contributed by atoms with Crippen molar-refractivity contribution in [2.75, 3.05) is 18.4 Å². The molecule has 2 N–H and O–H groups in total. The molecule has 2 heterocycles. The second-order valence-corrected chi connectivity index (χ2v) is 6.62. The maximum absolute atomic E-state index is 12.4. The van der Waals surface area contributed by atoms with Crippen LogP contribution in [0.3, 0.4) is 0 Å². The Morgan fingerprint density at radius 3 is 2.69 bits per heavy atom. The van der Waals surface area contributed by atoms with Crippen molar-refractivity contribution in [2.24, 2.45) is 0 Å². The lowest BCUT2D eigenvalue weighted by atomic mass is 10.2. The minimum atomic E-state index is -0.807. The molecule has 7 nitrogen and oxygen atoms in total. The number of hydrogen-bond donors (Lipinski definition) is 2. The molecule has 26 heavy (non-hydrogen) atoms. The summed E-state index contributed by atoms with van der Waals surface area (Å²) >= 11 is 0. The summed E-state index contributed by atoms with van der Waals surface area (Å²) in [7, 11) is 0. The lowest BCUT2D eigenvalue weighted by molar-refractivity contribution is -0.142. The fourth-order valence-corrected chi connectivity index (χ4v) is 3.46. The highest BCUT2D eigenvalue weighted by Crippen LogP contribution is 2.23. The number of carboxylic acids is 1. The molecule has 138 valence electrons. The summed E-state index contributed by atoms with van der Waals surface area (Å²) in [5.41, 5.74) is 3.28. The monoisotopic (exact) mass is 356 g/mol. The molecule has 1 saturated heterocycles. The zero-order valence-corrected chi connectivity index (χ0v) is 15.1. The highest BCUT2D eigenvalue weighted by molar-refractivity contribution is 5.92. The summed E-state index contributed by atoms with van der Waals surface area (Å²) in [6.45, 7) is 4.97. The molecule has 1 aromatic heterocycles. The van der Waals surface area contributed by atoms with Crippen LogP contribution in [0, 0.1) is 13.8 Å². The second kappa shape index (κ2) is 7.70. The SMILES string of the molecule is Cc1nn(-c2ccccc2)c(C)c1NC(=O)CCN1CCC[C@H]1C(=O)O. The Hall–Kier alpha value is -2.67. The molecule has 1 fully saturated rings. The number of hydrogen-bond acceptors (Lipinski definition) is 4. The molecule has 0 bridgehead atoms. The smallest absolute Gasteiger partial charge is 0.320 e. The van der Waals surface area contributed by atoms with E-state index in [9.17, 15) is 14.7 Å². The molecular weight excluding hydrogens is 332 g/mol. The molecule has 0 aliphatic carbocycles. The highest BCUT2D eigenvalue weighted by Gasteiger charge is 2.30. The van der Waals surface area contributed by atoms with E-state index in [1.165, 1.54) is 0 Å². The van der Waals surface area contributed by atoms with Gasteiger partial charge in [-0.25, -0.2) is 4.68 Å². The first-order chi connectivity index (χ1) is 12.5. The van der Waals surface area contributed by atoms with Gasteiger partial charge in [0, 0.05) is 13.0 Å². The lowest BCUT2D eigenvalue weighted by Crippen LogP contribution is -2.37. The fraction of sp³-hybridized carbons (Fsp3) is 0.421. The van der Waals surface area contributed by atoms with E-state index in [1.54, 1.807) is 0 Å². The van der Waals surface area contributed by atoms with E-state index in [0.717, 1.165) is 35.7 Å². The van der Waals surface area contributed by atoms with Crippen LogP contribution in [-0.2, 0) is 9.59 Å². The van der Waals surface area contributed by atoms with Crippen LogP contribution in [-0.4, -0.2) is 50.8 Å². The third-order valence-corrected chi connectivity index (χ3v) is 4.83. The van der Waals surface area contributed by atoms with Gasteiger partial charge in [-0.2, -0.15) is 5.10 Å². The number of rotatable bonds is 6. The summed E-state index contributed by atoms with van der Waals surface area (Å²) in [4.78, 5) is 25.5. The third-order valence-electron chi connectivity index (χ3n) is 4.83. The first kappa shape index (κ1) is 18.1. The van der Waals surface area contributed by atoms with Gasteiger partial charge in [-0.05, 0) is 45.4 Å². The van der Waals surface area contributed by atoms with Crippen LogP contribution in [0.4, 0.5) is 5.69 Å². The number of carboxylic acid groups (broad SMARTS) is 1. The Morgan fingerprint density at radius 1 is 1.27 bits per heavy atom. The number of nitrogens with zero attached hydrogens (tertiary/aromatic N) is 3. The molecule has 1 aromatic carbocycles. The predicted octanol–water partition coefficient (Wildman–Crippen LogP) is 2.37. The average Bonchev–Trinajstić information content (AvgIpc) is 3.21. The molecule has 1 aliphatic heterocycles. The highest BCUT2D eigenvalue weighted by atomic mass is 16.4. The Bertz CT molecular complexity index is 801. The maximum atomic E-state index is 12.4. The summed E-state index contributed by atoms with van der Waals surface area (Å²) in [6, 6.07) is 9.29. The minimum Gasteiger partial charge on any atom is -0.480 e. The maximum Gasteiger partial charge on any atom is 0.320 e. The summed E-state index contributed by atoms with van der Waals surface area (Å²) < 4.78 is 1.81. The first-order valence-corrected chi connectivity index (χ1v) is 8.85. The van der Waals surface area contributed by atoms with Gasteiger partial charge in [-0.15, -0.1) is 0 Å². The van der Waals surface area contributed by atoms with Gasteiger partial charge in [-0.3, -0.25) is 14.5 Å². The predicted molar refractivity (Wildman–Crippen MR) is 98.5 cm³/mol. The second-order valence-electron chi connectivity index (χ2n) is 6.62. The number of carbonyl (C=O) groups excluding carboxylic acids is 1. The number of aryl methyl sites for hydroxylation is 1. The number of anilines is 1. The quantitative estimate of drug-likeness (QED) is 0.830.